The Morgan fingerprint density at radius 3 is 2.21 bits per heavy atom. The van der Waals surface area contributed by atoms with E-state index < -0.39 is 12.0 Å². The van der Waals surface area contributed by atoms with Crippen molar-refractivity contribution in [2.24, 2.45) is 0 Å². The van der Waals surface area contributed by atoms with Gasteiger partial charge in [0.1, 0.15) is 6.04 Å². The summed E-state index contributed by atoms with van der Waals surface area (Å²) in [4.78, 5) is 18.2. The largest absolute Gasteiger partial charge is 0.480 e. The number of aromatic nitrogens is 1. The number of likely N-dealkylation sites (tertiary alicyclic amines) is 1. The lowest BCUT2D eigenvalue weighted by atomic mass is 9.91. The van der Waals surface area contributed by atoms with Crippen molar-refractivity contribution in [3.8, 4) is 11.1 Å². The number of rotatable bonds is 5. The molecular weight excluding hydrogens is 348 g/mol. The second-order valence-electron chi connectivity index (χ2n) is 7.26. The Morgan fingerprint density at radius 1 is 0.893 bits per heavy atom. The standard InChI is InChI=1S/C24H24N2O2/c27-24(28)22-8-4-5-17-26(22)23(21-13-15-25-16-14-21)20-11-9-19(10-12-20)18-6-2-1-3-7-18/h1-3,6-7,9-16,22-23H,4-5,8,17H2,(H,27,28). The number of hydrogen-bond donors (Lipinski definition) is 1. The number of aliphatic carboxylic acids is 1. The summed E-state index contributed by atoms with van der Waals surface area (Å²) in [6, 6.07) is 22.2. The highest BCUT2D eigenvalue weighted by molar-refractivity contribution is 5.74. The molecule has 0 bridgehead atoms. The van der Waals surface area contributed by atoms with Crippen molar-refractivity contribution in [1.29, 1.82) is 0 Å². The average Bonchev–Trinajstić information content (AvgIpc) is 2.76. The molecule has 142 valence electrons. The Kier molecular flexibility index (Phi) is 5.49. The predicted octanol–water partition coefficient (Wildman–Crippen LogP) is 4.78. The van der Waals surface area contributed by atoms with E-state index in [0.717, 1.165) is 36.1 Å². The van der Waals surface area contributed by atoms with Gasteiger partial charge in [-0.3, -0.25) is 14.7 Å². The maximum atomic E-state index is 11.9. The molecule has 2 unspecified atom stereocenters. The van der Waals surface area contributed by atoms with E-state index in [1.165, 1.54) is 5.56 Å². The minimum atomic E-state index is -0.736. The smallest absolute Gasteiger partial charge is 0.320 e. The van der Waals surface area contributed by atoms with Gasteiger partial charge in [0.05, 0.1) is 6.04 Å². The number of piperidine rings is 1. The van der Waals surface area contributed by atoms with E-state index in [9.17, 15) is 9.90 Å². The van der Waals surface area contributed by atoms with Gasteiger partial charge in [-0.2, -0.15) is 0 Å². The van der Waals surface area contributed by atoms with Gasteiger partial charge >= 0.3 is 5.97 Å². The Bertz CT molecular complexity index is 910. The van der Waals surface area contributed by atoms with Gasteiger partial charge in [-0.05, 0) is 53.8 Å². The van der Waals surface area contributed by atoms with Crippen LogP contribution in [0, 0.1) is 0 Å². The van der Waals surface area contributed by atoms with Crippen molar-refractivity contribution in [1.82, 2.24) is 9.88 Å². The van der Waals surface area contributed by atoms with Gasteiger partial charge in [0.2, 0.25) is 0 Å². The lowest BCUT2D eigenvalue weighted by molar-refractivity contribution is -0.145. The van der Waals surface area contributed by atoms with Crippen LogP contribution in [0.25, 0.3) is 11.1 Å². The number of nitrogens with zero attached hydrogens (tertiary/aromatic N) is 2. The van der Waals surface area contributed by atoms with E-state index in [-0.39, 0.29) is 6.04 Å². The third-order valence-corrected chi connectivity index (χ3v) is 5.52. The van der Waals surface area contributed by atoms with Crippen LogP contribution in [0.2, 0.25) is 0 Å². The molecule has 4 heteroatoms. The second-order valence-corrected chi connectivity index (χ2v) is 7.26. The quantitative estimate of drug-likeness (QED) is 0.700. The monoisotopic (exact) mass is 372 g/mol. The summed E-state index contributed by atoms with van der Waals surface area (Å²) in [5, 5.41) is 9.79. The molecule has 1 saturated heterocycles. The zero-order chi connectivity index (χ0) is 19.3. The van der Waals surface area contributed by atoms with Crippen molar-refractivity contribution >= 4 is 5.97 Å². The summed E-state index contributed by atoms with van der Waals surface area (Å²) in [6.45, 7) is 0.782. The topological polar surface area (TPSA) is 53.4 Å². The van der Waals surface area contributed by atoms with Crippen LogP contribution < -0.4 is 0 Å². The van der Waals surface area contributed by atoms with Gasteiger partial charge < -0.3 is 5.11 Å². The van der Waals surface area contributed by atoms with Crippen molar-refractivity contribution in [3.05, 3.63) is 90.3 Å². The van der Waals surface area contributed by atoms with Gasteiger partial charge in [-0.25, -0.2) is 0 Å². The van der Waals surface area contributed by atoms with Crippen LogP contribution in [0.1, 0.15) is 36.4 Å². The molecule has 4 nitrogen and oxygen atoms in total. The van der Waals surface area contributed by atoms with Crippen LogP contribution in [0.5, 0.6) is 0 Å². The molecule has 2 aromatic carbocycles. The summed E-state index contributed by atoms with van der Waals surface area (Å²) in [7, 11) is 0. The molecule has 4 rings (SSSR count). The first-order chi connectivity index (χ1) is 13.7. The first-order valence-corrected chi connectivity index (χ1v) is 9.78. The molecule has 1 aliphatic heterocycles. The Labute approximate surface area is 165 Å². The maximum Gasteiger partial charge on any atom is 0.320 e. The highest BCUT2D eigenvalue weighted by Crippen LogP contribution is 2.35. The molecule has 2 atom stereocenters. The Balaban J connectivity index is 1.72. The van der Waals surface area contributed by atoms with E-state index in [4.69, 9.17) is 0 Å². The zero-order valence-corrected chi connectivity index (χ0v) is 15.7. The van der Waals surface area contributed by atoms with E-state index in [2.05, 4.69) is 46.3 Å². The highest BCUT2D eigenvalue weighted by atomic mass is 16.4. The van der Waals surface area contributed by atoms with Crippen LogP contribution in [0.3, 0.4) is 0 Å². The summed E-state index contributed by atoms with van der Waals surface area (Å²) in [5.41, 5.74) is 4.52. The molecule has 2 heterocycles. The van der Waals surface area contributed by atoms with Crippen LogP contribution in [0.15, 0.2) is 79.1 Å². The number of carboxylic acids is 1. The predicted molar refractivity (Wildman–Crippen MR) is 110 cm³/mol. The molecule has 0 saturated carbocycles. The van der Waals surface area contributed by atoms with E-state index >= 15 is 0 Å². The first kappa shape index (κ1) is 18.4. The van der Waals surface area contributed by atoms with Crippen LogP contribution in [-0.2, 0) is 4.79 Å². The van der Waals surface area contributed by atoms with Crippen molar-refractivity contribution in [2.45, 2.75) is 31.3 Å². The maximum absolute atomic E-state index is 11.9. The molecule has 0 amide bonds. The molecule has 0 spiro atoms. The van der Waals surface area contributed by atoms with E-state index in [0.29, 0.717) is 6.42 Å². The minimum Gasteiger partial charge on any atom is -0.480 e. The molecular formula is C24H24N2O2. The molecule has 0 aliphatic carbocycles. The number of benzene rings is 2. The normalized spacial score (nSPS) is 18.5. The SMILES string of the molecule is O=C(O)C1CCCCN1C(c1ccncc1)c1ccc(-c2ccccc2)cc1. The fourth-order valence-electron chi connectivity index (χ4n) is 4.14. The number of pyridine rings is 1. The molecule has 28 heavy (non-hydrogen) atoms. The van der Waals surface area contributed by atoms with E-state index in [1.54, 1.807) is 12.4 Å². The Morgan fingerprint density at radius 2 is 1.54 bits per heavy atom. The molecule has 1 N–H and O–H groups in total. The molecule has 1 aliphatic rings. The lowest BCUT2D eigenvalue weighted by Gasteiger charge is -2.39. The third-order valence-electron chi connectivity index (χ3n) is 5.52. The summed E-state index contributed by atoms with van der Waals surface area (Å²) < 4.78 is 0. The Hall–Kier alpha value is -2.98. The minimum absolute atomic E-state index is 0.0887. The number of hydrogen-bond acceptors (Lipinski definition) is 3. The van der Waals surface area contributed by atoms with Gasteiger partial charge in [-0.15, -0.1) is 0 Å². The lowest BCUT2D eigenvalue weighted by Crippen LogP contribution is -2.46. The van der Waals surface area contributed by atoms with Gasteiger partial charge in [0.15, 0.2) is 0 Å². The number of carboxylic acid groups (broad SMARTS) is 1. The first-order valence-electron chi connectivity index (χ1n) is 9.78. The van der Waals surface area contributed by atoms with Gasteiger partial charge in [-0.1, -0.05) is 61.0 Å². The molecule has 3 aromatic rings. The van der Waals surface area contributed by atoms with Gasteiger partial charge in [0, 0.05) is 12.4 Å². The van der Waals surface area contributed by atoms with Gasteiger partial charge in [0.25, 0.3) is 0 Å². The molecule has 1 aromatic heterocycles. The molecule has 1 fully saturated rings. The highest BCUT2D eigenvalue weighted by Gasteiger charge is 2.35. The summed E-state index contributed by atoms with van der Waals surface area (Å²) in [5.74, 6) is -0.736. The number of carbonyl (C=O) groups is 1. The zero-order valence-electron chi connectivity index (χ0n) is 15.7. The average molecular weight is 372 g/mol. The fourth-order valence-corrected chi connectivity index (χ4v) is 4.14. The van der Waals surface area contributed by atoms with Crippen molar-refractivity contribution in [2.75, 3.05) is 6.54 Å². The summed E-state index contributed by atoms with van der Waals surface area (Å²) in [6.07, 6.45) is 6.23. The third kappa shape index (κ3) is 3.82. The van der Waals surface area contributed by atoms with Crippen LogP contribution in [0.4, 0.5) is 0 Å². The van der Waals surface area contributed by atoms with Crippen LogP contribution >= 0.6 is 0 Å². The van der Waals surface area contributed by atoms with Crippen LogP contribution in [-0.4, -0.2) is 33.5 Å². The van der Waals surface area contributed by atoms with Crippen molar-refractivity contribution in [3.63, 3.8) is 0 Å². The van der Waals surface area contributed by atoms with Crippen molar-refractivity contribution < 1.29 is 9.90 Å². The van der Waals surface area contributed by atoms with E-state index in [1.807, 2.05) is 30.3 Å². The summed E-state index contributed by atoms with van der Waals surface area (Å²) >= 11 is 0. The fraction of sp³-hybridized carbons (Fsp3) is 0.250. The second kappa shape index (κ2) is 8.36. The molecule has 0 radical (unpaired) electrons.